The third-order valence-corrected chi connectivity index (χ3v) is 4.60. The highest BCUT2D eigenvalue weighted by atomic mass is 16.5. The van der Waals surface area contributed by atoms with Crippen LogP contribution in [0.15, 0.2) is 48.5 Å². The molecule has 132 valence electrons. The van der Waals surface area contributed by atoms with Crippen molar-refractivity contribution in [2.24, 2.45) is 7.05 Å². The minimum absolute atomic E-state index is 0.192. The summed E-state index contributed by atoms with van der Waals surface area (Å²) in [7, 11) is 1.89. The van der Waals surface area contributed by atoms with E-state index in [-0.39, 0.29) is 6.54 Å². The maximum Gasteiger partial charge on any atom is 0.278 e. The molecule has 2 heterocycles. The SMILES string of the molecule is Cn1c(CNC(=O)[C@]2(C)Oc3ccccc3NC2=O)nc2ccccc21. The first kappa shape index (κ1) is 16.1. The number of para-hydroxylation sites is 4. The summed E-state index contributed by atoms with van der Waals surface area (Å²) in [5.74, 6) is 0.141. The van der Waals surface area contributed by atoms with Crippen LogP contribution in [0.1, 0.15) is 12.7 Å². The molecule has 1 aliphatic rings. The summed E-state index contributed by atoms with van der Waals surface area (Å²) in [4.78, 5) is 29.6. The van der Waals surface area contributed by atoms with Crippen LogP contribution in [0.2, 0.25) is 0 Å². The number of carbonyl (C=O) groups is 2. The van der Waals surface area contributed by atoms with Gasteiger partial charge in [0.15, 0.2) is 0 Å². The van der Waals surface area contributed by atoms with Crippen molar-refractivity contribution in [2.45, 2.75) is 19.1 Å². The van der Waals surface area contributed by atoms with E-state index in [1.54, 1.807) is 24.3 Å². The van der Waals surface area contributed by atoms with E-state index in [1.165, 1.54) is 6.92 Å². The van der Waals surface area contributed by atoms with Gasteiger partial charge < -0.3 is 19.9 Å². The van der Waals surface area contributed by atoms with Gasteiger partial charge in [-0.3, -0.25) is 9.59 Å². The molecule has 3 aromatic rings. The van der Waals surface area contributed by atoms with Gasteiger partial charge in [0.25, 0.3) is 17.4 Å². The number of ether oxygens (including phenoxy) is 1. The summed E-state index contributed by atoms with van der Waals surface area (Å²) in [6, 6.07) is 14.7. The predicted octanol–water partition coefficient (Wildman–Crippen LogP) is 1.98. The number of hydrogen-bond acceptors (Lipinski definition) is 4. The van der Waals surface area contributed by atoms with E-state index in [9.17, 15) is 9.59 Å². The third kappa shape index (κ3) is 2.48. The first-order valence-electron chi connectivity index (χ1n) is 8.27. The molecule has 1 atom stereocenters. The van der Waals surface area contributed by atoms with Crippen LogP contribution in [0.4, 0.5) is 5.69 Å². The van der Waals surface area contributed by atoms with E-state index in [4.69, 9.17) is 4.74 Å². The molecule has 0 bridgehead atoms. The Labute approximate surface area is 150 Å². The van der Waals surface area contributed by atoms with E-state index >= 15 is 0 Å². The highest BCUT2D eigenvalue weighted by molar-refractivity contribution is 6.15. The van der Waals surface area contributed by atoms with Gasteiger partial charge in [0, 0.05) is 7.05 Å². The Morgan fingerprint density at radius 1 is 1.23 bits per heavy atom. The molecule has 2 aromatic carbocycles. The second kappa shape index (κ2) is 5.87. The molecule has 0 saturated carbocycles. The van der Waals surface area contributed by atoms with Crippen LogP contribution in [0, 0.1) is 0 Å². The monoisotopic (exact) mass is 350 g/mol. The highest BCUT2D eigenvalue weighted by Gasteiger charge is 2.47. The molecule has 7 nitrogen and oxygen atoms in total. The Hall–Kier alpha value is -3.35. The summed E-state index contributed by atoms with van der Waals surface area (Å²) in [5.41, 5.74) is 0.742. The van der Waals surface area contributed by atoms with Crippen molar-refractivity contribution in [3.05, 3.63) is 54.4 Å². The first-order chi connectivity index (χ1) is 12.5. The molecule has 4 rings (SSSR count). The van der Waals surface area contributed by atoms with E-state index in [2.05, 4.69) is 15.6 Å². The number of imidazole rings is 1. The number of anilines is 1. The number of aryl methyl sites for hydroxylation is 1. The van der Waals surface area contributed by atoms with Crippen LogP contribution in [-0.2, 0) is 23.2 Å². The van der Waals surface area contributed by atoms with Gasteiger partial charge in [-0.1, -0.05) is 24.3 Å². The van der Waals surface area contributed by atoms with Gasteiger partial charge in [-0.25, -0.2) is 4.98 Å². The van der Waals surface area contributed by atoms with Crippen molar-refractivity contribution in [1.29, 1.82) is 0 Å². The zero-order valence-electron chi connectivity index (χ0n) is 14.4. The molecule has 0 radical (unpaired) electrons. The van der Waals surface area contributed by atoms with Gasteiger partial charge in [0.2, 0.25) is 0 Å². The van der Waals surface area contributed by atoms with Crippen molar-refractivity contribution in [3.63, 3.8) is 0 Å². The smallest absolute Gasteiger partial charge is 0.278 e. The zero-order valence-corrected chi connectivity index (χ0v) is 14.4. The van der Waals surface area contributed by atoms with Crippen LogP contribution in [-0.4, -0.2) is 27.0 Å². The Morgan fingerprint density at radius 3 is 2.77 bits per heavy atom. The minimum atomic E-state index is -1.64. The molecule has 1 aromatic heterocycles. The predicted molar refractivity (Wildman–Crippen MR) is 96.7 cm³/mol. The van der Waals surface area contributed by atoms with Gasteiger partial charge in [-0.05, 0) is 31.2 Å². The number of amides is 2. The van der Waals surface area contributed by atoms with Gasteiger partial charge in [-0.2, -0.15) is 0 Å². The van der Waals surface area contributed by atoms with Crippen molar-refractivity contribution in [1.82, 2.24) is 14.9 Å². The summed E-state index contributed by atoms with van der Waals surface area (Å²) in [6.07, 6.45) is 0. The maximum atomic E-state index is 12.7. The van der Waals surface area contributed by atoms with Gasteiger partial charge >= 0.3 is 0 Å². The van der Waals surface area contributed by atoms with Crippen molar-refractivity contribution in [2.75, 3.05) is 5.32 Å². The molecule has 2 N–H and O–H groups in total. The maximum absolute atomic E-state index is 12.7. The Bertz CT molecular complexity index is 1030. The average Bonchev–Trinajstić information content (AvgIpc) is 2.97. The lowest BCUT2D eigenvalue weighted by molar-refractivity contribution is -0.146. The number of hydrogen-bond donors (Lipinski definition) is 2. The lowest BCUT2D eigenvalue weighted by atomic mass is 10.0. The number of nitrogens with zero attached hydrogens (tertiary/aromatic N) is 2. The number of carbonyl (C=O) groups excluding carboxylic acids is 2. The lowest BCUT2D eigenvalue weighted by Gasteiger charge is -2.33. The van der Waals surface area contributed by atoms with Crippen molar-refractivity contribution >= 4 is 28.5 Å². The number of aromatic nitrogens is 2. The fourth-order valence-corrected chi connectivity index (χ4v) is 3.00. The van der Waals surface area contributed by atoms with Gasteiger partial charge in [-0.15, -0.1) is 0 Å². The highest BCUT2D eigenvalue weighted by Crippen LogP contribution is 2.33. The second-order valence-electron chi connectivity index (χ2n) is 6.34. The molecule has 0 aliphatic carbocycles. The molecule has 0 spiro atoms. The quantitative estimate of drug-likeness (QED) is 0.708. The first-order valence-corrected chi connectivity index (χ1v) is 8.27. The van der Waals surface area contributed by atoms with E-state index in [0.29, 0.717) is 17.3 Å². The lowest BCUT2D eigenvalue weighted by Crippen LogP contribution is -2.58. The minimum Gasteiger partial charge on any atom is -0.466 e. The fraction of sp³-hybridized carbons (Fsp3) is 0.211. The van der Waals surface area contributed by atoms with E-state index < -0.39 is 17.4 Å². The van der Waals surface area contributed by atoms with Crippen LogP contribution in [0.3, 0.4) is 0 Å². The van der Waals surface area contributed by atoms with Crippen LogP contribution in [0.5, 0.6) is 5.75 Å². The zero-order chi connectivity index (χ0) is 18.3. The number of benzene rings is 2. The van der Waals surface area contributed by atoms with Crippen LogP contribution >= 0.6 is 0 Å². The fourth-order valence-electron chi connectivity index (χ4n) is 3.00. The largest absolute Gasteiger partial charge is 0.466 e. The van der Waals surface area contributed by atoms with Crippen LogP contribution < -0.4 is 15.4 Å². The average molecular weight is 350 g/mol. The number of rotatable bonds is 3. The molecule has 0 unspecified atom stereocenters. The molecule has 0 saturated heterocycles. The Morgan fingerprint density at radius 2 is 1.96 bits per heavy atom. The normalized spacial score (nSPS) is 18.8. The second-order valence-corrected chi connectivity index (χ2v) is 6.34. The van der Waals surface area contributed by atoms with Gasteiger partial charge in [0.1, 0.15) is 11.6 Å². The van der Waals surface area contributed by atoms with E-state index in [1.807, 2.05) is 35.9 Å². The van der Waals surface area contributed by atoms with Crippen molar-refractivity contribution < 1.29 is 14.3 Å². The number of nitrogens with one attached hydrogen (secondary N) is 2. The molecule has 2 amide bonds. The number of fused-ring (bicyclic) bond motifs is 2. The Balaban J connectivity index is 1.54. The van der Waals surface area contributed by atoms with Gasteiger partial charge in [0.05, 0.1) is 23.3 Å². The molecular weight excluding hydrogens is 332 g/mol. The van der Waals surface area contributed by atoms with E-state index in [0.717, 1.165) is 11.0 Å². The van der Waals surface area contributed by atoms with Crippen LogP contribution in [0.25, 0.3) is 11.0 Å². The summed E-state index contributed by atoms with van der Waals surface area (Å²) in [5, 5.41) is 5.48. The Kier molecular flexibility index (Phi) is 3.64. The molecule has 7 heteroatoms. The standard InChI is InChI=1S/C19H18N4O3/c1-19(18(25)22-13-8-4-6-10-15(13)26-19)17(24)20-11-16-21-12-7-3-5-9-14(12)23(16)2/h3-10H,11H2,1-2H3,(H,20,24)(H,22,25)/t19-/m0/s1. The third-order valence-electron chi connectivity index (χ3n) is 4.60. The molecule has 0 fully saturated rings. The molecule has 1 aliphatic heterocycles. The summed E-state index contributed by atoms with van der Waals surface area (Å²) >= 11 is 0. The summed E-state index contributed by atoms with van der Waals surface area (Å²) < 4.78 is 7.63. The topological polar surface area (TPSA) is 85.3 Å². The summed E-state index contributed by atoms with van der Waals surface area (Å²) in [6.45, 7) is 1.65. The molecule has 26 heavy (non-hydrogen) atoms. The van der Waals surface area contributed by atoms with Crippen molar-refractivity contribution in [3.8, 4) is 5.75 Å². The molecular formula is C19H18N4O3.